The zero-order chi connectivity index (χ0) is 24.3. The fraction of sp³-hybridized carbons (Fsp3) is 0.393. The first-order valence-electron chi connectivity index (χ1n) is 11.9. The fourth-order valence-corrected chi connectivity index (χ4v) is 6.17. The van der Waals surface area contributed by atoms with Gasteiger partial charge in [-0.05, 0) is 62.0 Å². The number of aliphatic hydroxyl groups excluding tert-OH is 2. The lowest BCUT2D eigenvalue weighted by Crippen LogP contribution is -2.42. The molecule has 176 valence electrons. The molecule has 0 saturated heterocycles. The lowest BCUT2D eigenvalue weighted by molar-refractivity contribution is -0.125. The van der Waals surface area contributed by atoms with Crippen molar-refractivity contribution in [3.8, 4) is 5.75 Å². The minimum atomic E-state index is -1.01. The van der Waals surface area contributed by atoms with Gasteiger partial charge >= 0.3 is 0 Å². The molecule has 4 aliphatic rings. The van der Waals surface area contributed by atoms with Crippen molar-refractivity contribution in [1.82, 2.24) is 0 Å². The Labute approximate surface area is 198 Å². The van der Waals surface area contributed by atoms with Gasteiger partial charge in [-0.1, -0.05) is 42.4 Å². The number of aliphatic hydroxyl groups is 2. The monoisotopic (exact) mass is 460 g/mol. The molecule has 0 saturated carbocycles. The van der Waals surface area contributed by atoms with Gasteiger partial charge < -0.3 is 15.3 Å². The van der Waals surface area contributed by atoms with E-state index < -0.39 is 23.3 Å². The van der Waals surface area contributed by atoms with E-state index in [0.29, 0.717) is 24.8 Å². The highest BCUT2D eigenvalue weighted by atomic mass is 16.3. The molecular formula is C28H28O6. The van der Waals surface area contributed by atoms with Crippen LogP contribution in [0.15, 0.2) is 58.1 Å². The van der Waals surface area contributed by atoms with Crippen LogP contribution in [0.3, 0.4) is 0 Å². The largest absolute Gasteiger partial charge is 0.511 e. The van der Waals surface area contributed by atoms with Gasteiger partial charge in [0.2, 0.25) is 0 Å². The van der Waals surface area contributed by atoms with Crippen molar-refractivity contribution >= 4 is 17.3 Å². The van der Waals surface area contributed by atoms with E-state index in [2.05, 4.69) is 19.1 Å². The van der Waals surface area contributed by atoms with Crippen LogP contribution in [0.1, 0.15) is 61.0 Å². The minimum Gasteiger partial charge on any atom is -0.511 e. The maximum Gasteiger partial charge on any atom is 0.196 e. The number of carbonyl (C=O) groups excluding carboxylic acids is 3. The number of allylic oxidation sites excluding steroid dienone is 8. The number of carbonyl (C=O) groups is 3. The minimum absolute atomic E-state index is 0.0637. The molecule has 34 heavy (non-hydrogen) atoms. The van der Waals surface area contributed by atoms with Gasteiger partial charge in [-0.2, -0.15) is 0 Å². The summed E-state index contributed by atoms with van der Waals surface area (Å²) in [6.45, 7) is 3.30. The van der Waals surface area contributed by atoms with Gasteiger partial charge in [0.1, 0.15) is 17.3 Å². The zero-order valence-electron chi connectivity index (χ0n) is 19.4. The molecule has 5 rings (SSSR count). The number of hydrogen-bond acceptors (Lipinski definition) is 6. The molecule has 1 aromatic rings. The first-order chi connectivity index (χ1) is 16.2. The highest BCUT2D eigenvalue weighted by Gasteiger charge is 2.50. The highest BCUT2D eigenvalue weighted by Crippen LogP contribution is 2.49. The third-order valence-electron chi connectivity index (χ3n) is 7.79. The Kier molecular flexibility index (Phi) is 5.34. The van der Waals surface area contributed by atoms with E-state index in [1.165, 1.54) is 18.1 Å². The van der Waals surface area contributed by atoms with E-state index in [-0.39, 0.29) is 52.2 Å². The van der Waals surface area contributed by atoms with Crippen LogP contribution in [0.4, 0.5) is 0 Å². The normalized spacial score (nSPS) is 26.1. The number of phenols is 1. The molecule has 0 aliphatic heterocycles. The zero-order valence-corrected chi connectivity index (χ0v) is 19.4. The number of hydrogen-bond donors (Lipinski definition) is 3. The van der Waals surface area contributed by atoms with Crippen molar-refractivity contribution in [3.05, 3.63) is 74.8 Å². The predicted molar refractivity (Wildman–Crippen MR) is 126 cm³/mol. The number of aromatic hydroxyl groups is 1. The summed E-state index contributed by atoms with van der Waals surface area (Å²) >= 11 is 0. The number of benzene rings is 1. The topological polar surface area (TPSA) is 112 Å². The smallest absolute Gasteiger partial charge is 0.196 e. The SMILES string of the molecule is CCC1=CCC(Cc2ccc3c(c2O)C(=O)C2=C(O)C4C(=O)C(C(C)=O)=C(O)CC4CC2C3)=C1. The van der Waals surface area contributed by atoms with Gasteiger partial charge in [0, 0.05) is 12.0 Å². The fourth-order valence-electron chi connectivity index (χ4n) is 6.17. The molecule has 0 bridgehead atoms. The van der Waals surface area contributed by atoms with Crippen LogP contribution in [0.25, 0.3) is 0 Å². The van der Waals surface area contributed by atoms with Crippen molar-refractivity contribution in [3.63, 3.8) is 0 Å². The lowest BCUT2D eigenvalue weighted by atomic mass is 9.62. The molecule has 6 nitrogen and oxygen atoms in total. The van der Waals surface area contributed by atoms with Crippen LogP contribution in [0, 0.1) is 17.8 Å². The van der Waals surface area contributed by atoms with E-state index in [1.807, 2.05) is 12.1 Å². The summed E-state index contributed by atoms with van der Waals surface area (Å²) in [5.74, 6) is -3.94. The molecule has 6 heteroatoms. The average Bonchev–Trinajstić information content (AvgIpc) is 3.22. The second-order valence-electron chi connectivity index (χ2n) is 9.87. The number of Topliss-reactive ketones (excluding diaryl/α,β-unsaturated/α-hetero) is 3. The van der Waals surface area contributed by atoms with Crippen LogP contribution < -0.4 is 0 Å². The van der Waals surface area contributed by atoms with Crippen molar-refractivity contribution in [2.75, 3.05) is 0 Å². The van der Waals surface area contributed by atoms with E-state index in [9.17, 15) is 29.7 Å². The van der Waals surface area contributed by atoms with Gasteiger partial charge in [-0.15, -0.1) is 0 Å². The summed E-state index contributed by atoms with van der Waals surface area (Å²) < 4.78 is 0. The van der Waals surface area contributed by atoms with Gasteiger partial charge in [0.15, 0.2) is 17.3 Å². The number of fused-ring (bicyclic) bond motifs is 3. The summed E-state index contributed by atoms with van der Waals surface area (Å²) in [6, 6.07) is 3.74. The Balaban J connectivity index is 1.52. The Bertz CT molecular complexity index is 1270. The van der Waals surface area contributed by atoms with E-state index in [4.69, 9.17) is 0 Å². The van der Waals surface area contributed by atoms with E-state index in [0.717, 1.165) is 18.4 Å². The van der Waals surface area contributed by atoms with E-state index in [1.54, 1.807) is 0 Å². The Morgan fingerprint density at radius 2 is 1.88 bits per heavy atom. The first-order valence-corrected chi connectivity index (χ1v) is 11.9. The summed E-state index contributed by atoms with van der Waals surface area (Å²) in [7, 11) is 0. The van der Waals surface area contributed by atoms with Crippen molar-refractivity contribution in [2.24, 2.45) is 17.8 Å². The van der Waals surface area contributed by atoms with Gasteiger partial charge in [0.25, 0.3) is 0 Å². The van der Waals surface area contributed by atoms with Crippen LogP contribution in [0.2, 0.25) is 0 Å². The van der Waals surface area contributed by atoms with E-state index >= 15 is 0 Å². The Hall–Kier alpha value is -3.41. The second kappa shape index (κ2) is 8.12. The van der Waals surface area contributed by atoms with Crippen LogP contribution in [-0.4, -0.2) is 32.7 Å². The second-order valence-corrected chi connectivity index (χ2v) is 9.87. The van der Waals surface area contributed by atoms with Crippen molar-refractivity contribution < 1.29 is 29.7 Å². The molecule has 0 amide bonds. The molecule has 1 aromatic carbocycles. The third kappa shape index (κ3) is 3.35. The Morgan fingerprint density at radius 3 is 2.56 bits per heavy atom. The van der Waals surface area contributed by atoms with Crippen molar-refractivity contribution in [2.45, 2.75) is 52.4 Å². The number of phenolic OH excluding ortho intramolecular Hbond substituents is 1. The summed E-state index contributed by atoms with van der Waals surface area (Å²) in [5.41, 5.74) is 3.90. The summed E-state index contributed by atoms with van der Waals surface area (Å²) in [6.07, 6.45) is 7.64. The first kappa shape index (κ1) is 22.4. The molecule has 3 N–H and O–H groups in total. The Morgan fingerprint density at radius 1 is 1.12 bits per heavy atom. The lowest BCUT2D eigenvalue weighted by Gasteiger charge is -2.40. The number of rotatable bonds is 4. The predicted octanol–water partition coefficient (Wildman–Crippen LogP) is 4.78. The molecule has 3 unspecified atom stereocenters. The van der Waals surface area contributed by atoms with Gasteiger partial charge in [0.05, 0.1) is 17.1 Å². The molecule has 0 fully saturated rings. The van der Waals surface area contributed by atoms with Crippen molar-refractivity contribution in [1.29, 1.82) is 0 Å². The van der Waals surface area contributed by atoms with Crippen LogP contribution >= 0.6 is 0 Å². The average molecular weight is 461 g/mol. The standard InChI is InChI=1S/C28H28O6/c1-3-14-4-5-15(8-14)9-17-7-6-16-10-18-11-19-12-20(30)21(13(2)29)26(32)24(19)28(34)23(18)27(33)22(16)25(17)31/h4,6-8,18-19,24,30-31,34H,3,5,9-12H2,1-2H3. The molecule has 0 spiro atoms. The molecule has 4 aliphatic carbocycles. The number of ketones is 3. The molecule has 0 radical (unpaired) electrons. The molecular weight excluding hydrogens is 432 g/mol. The maximum absolute atomic E-state index is 13.6. The summed E-state index contributed by atoms with van der Waals surface area (Å²) in [5, 5.41) is 32.5. The van der Waals surface area contributed by atoms with Gasteiger partial charge in [-0.3, -0.25) is 14.4 Å². The van der Waals surface area contributed by atoms with Gasteiger partial charge in [-0.25, -0.2) is 0 Å². The van der Waals surface area contributed by atoms with Crippen LogP contribution in [-0.2, 0) is 22.4 Å². The van der Waals surface area contributed by atoms with Crippen LogP contribution in [0.5, 0.6) is 5.75 Å². The maximum atomic E-state index is 13.6. The third-order valence-corrected chi connectivity index (χ3v) is 7.79. The quantitative estimate of drug-likeness (QED) is 0.558. The molecule has 3 atom stereocenters. The highest BCUT2D eigenvalue weighted by molar-refractivity contribution is 6.22. The summed E-state index contributed by atoms with van der Waals surface area (Å²) in [4.78, 5) is 38.5. The molecule has 0 heterocycles. The molecule has 0 aromatic heterocycles.